The lowest BCUT2D eigenvalue weighted by Gasteiger charge is -2.11. The lowest BCUT2D eigenvalue weighted by molar-refractivity contribution is -0.142. The van der Waals surface area contributed by atoms with Crippen LogP contribution in [-0.4, -0.2) is 35.5 Å². The molecule has 0 bridgehead atoms. The van der Waals surface area contributed by atoms with E-state index in [0.29, 0.717) is 4.90 Å². The SMILES string of the molecule is O=C1NC(=O)N(CCCC(F)(F)F)C1=O. The molecule has 0 atom stereocenters. The molecule has 1 fully saturated rings. The second kappa shape index (κ2) is 3.87. The number of nitrogens with zero attached hydrogens (tertiary/aromatic N) is 1. The fourth-order valence-corrected chi connectivity index (χ4v) is 1.07. The van der Waals surface area contributed by atoms with Gasteiger partial charge in [0.25, 0.3) is 0 Å². The number of imide groups is 2. The summed E-state index contributed by atoms with van der Waals surface area (Å²) in [6, 6.07) is -0.966. The lowest BCUT2D eigenvalue weighted by atomic mass is 10.3. The molecule has 5 nitrogen and oxygen atoms in total. The van der Waals surface area contributed by atoms with E-state index in [-0.39, 0.29) is 0 Å². The van der Waals surface area contributed by atoms with Crippen molar-refractivity contribution >= 4 is 17.8 Å². The van der Waals surface area contributed by atoms with Crippen molar-refractivity contribution in [1.29, 1.82) is 0 Å². The third kappa shape index (κ3) is 2.93. The molecular weight excluding hydrogens is 217 g/mol. The third-order valence-electron chi connectivity index (χ3n) is 1.75. The van der Waals surface area contributed by atoms with Gasteiger partial charge in [0, 0.05) is 13.0 Å². The van der Waals surface area contributed by atoms with Crippen LogP contribution in [0.25, 0.3) is 0 Å². The standard InChI is InChI=1S/C7H7F3N2O3/c8-7(9,10)2-1-3-12-5(14)4(13)11-6(12)15/h1-3H2,(H,11,13,15). The van der Waals surface area contributed by atoms with E-state index in [1.807, 2.05) is 0 Å². The van der Waals surface area contributed by atoms with Crippen molar-refractivity contribution in [2.75, 3.05) is 6.54 Å². The van der Waals surface area contributed by atoms with Gasteiger partial charge in [-0.3, -0.25) is 19.8 Å². The van der Waals surface area contributed by atoms with E-state index in [1.165, 1.54) is 0 Å². The van der Waals surface area contributed by atoms with E-state index in [2.05, 4.69) is 0 Å². The van der Waals surface area contributed by atoms with Crippen LogP contribution in [0.15, 0.2) is 0 Å². The van der Waals surface area contributed by atoms with Crippen molar-refractivity contribution in [3.05, 3.63) is 0 Å². The number of alkyl halides is 3. The zero-order valence-electron chi connectivity index (χ0n) is 7.43. The maximum absolute atomic E-state index is 11.7. The van der Waals surface area contributed by atoms with E-state index < -0.39 is 43.4 Å². The van der Waals surface area contributed by atoms with Crippen molar-refractivity contribution in [3.8, 4) is 0 Å². The molecule has 84 valence electrons. The summed E-state index contributed by atoms with van der Waals surface area (Å²) < 4.78 is 35.2. The van der Waals surface area contributed by atoms with E-state index in [1.54, 1.807) is 5.32 Å². The molecule has 0 aliphatic carbocycles. The first-order valence-corrected chi connectivity index (χ1v) is 4.05. The predicted octanol–water partition coefficient (Wildman–Crippen LogP) is 0.407. The summed E-state index contributed by atoms with van der Waals surface area (Å²) in [6.45, 7) is -0.407. The normalized spacial score (nSPS) is 17.3. The Morgan fingerprint density at radius 3 is 2.20 bits per heavy atom. The molecule has 0 aromatic heterocycles. The maximum Gasteiger partial charge on any atom is 0.389 e. The zero-order valence-corrected chi connectivity index (χ0v) is 7.43. The molecule has 0 saturated carbocycles. The molecule has 4 amide bonds. The number of hydrogen-bond acceptors (Lipinski definition) is 3. The predicted molar refractivity (Wildman–Crippen MR) is 40.5 cm³/mol. The van der Waals surface area contributed by atoms with Crippen LogP contribution in [0.4, 0.5) is 18.0 Å². The Labute approximate surface area is 82.2 Å². The second-order valence-corrected chi connectivity index (χ2v) is 2.93. The number of urea groups is 1. The summed E-state index contributed by atoms with van der Waals surface area (Å²) in [5.41, 5.74) is 0. The third-order valence-corrected chi connectivity index (χ3v) is 1.75. The number of carbonyl (C=O) groups is 3. The first-order chi connectivity index (χ1) is 6.81. The van der Waals surface area contributed by atoms with E-state index in [9.17, 15) is 27.6 Å². The van der Waals surface area contributed by atoms with Crippen LogP contribution >= 0.6 is 0 Å². The van der Waals surface area contributed by atoms with Crippen LogP contribution in [0.3, 0.4) is 0 Å². The van der Waals surface area contributed by atoms with Crippen LogP contribution in [0.1, 0.15) is 12.8 Å². The zero-order chi connectivity index (χ0) is 11.6. The van der Waals surface area contributed by atoms with Gasteiger partial charge in [0.05, 0.1) is 0 Å². The summed E-state index contributed by atoms with van der Waals surface area (Å²) >= 11 is 0. The molecule has 0 spiro atoms. The minimum absolute atomic E-state index is 0.407. The summed E-state index contributed by atoms with van der Waals surface area (Å²) in [4.78, 5) is 32.8. The number of rotatable bonds is 3. The highest BCUT2D eigenvalue weighted by molar-refractivity contribution is 6.44. The first kappa shape index (κ1) is 11.5. The van der Waals surface area contributed by atoms with E-state index in [4.69, 9.17) is 0 Å². The Balaban J connectivity index is 2.43. The molecule has 1 rings (SSSR count). The lowest BCUT2D eigenvalue weighted by Crippen LogP contribution is -2.32. The first-order valence-electron chi connectivity index (χ1n) is 4.05. The molecule has 1 heterocycles. The Morgan fingerprint density at radius 2 is 1.80 bits per heavy atom. The van der Waals surface area contributed by atoms with Gasteiger partial charge in [-0.1, -0.05) is 0 Å². The monoisotopic (exact) mass is 224 g/mol. The molecule has 1 aliphatic heterocycles. The summed E-state index contributed by atoms with van der Waals surface area (Å²) in [6.07, 6.45) is -5.84. The second-order valence-electron chi connectivity index (χ2n) is 2.93. The Bertz CT molecular complexity index is 313. The highest BCUT2D eigenvalue weighted by Gasteiger charge is 2.37. The van der Waals surface area contributed by atoms with Crippen LogP contribution in [0.2, 0.25) is 0 Å². The van der Waals surface area contributed by atoms with Crippen LogP contribution in [0.5, 0.6) is 0 Å². The number of halogens is 3. The quantitative estimate of drug-likeness (QED) is 0.557. The number of hydrogen-bond donors (Lipinski definition) is 1. The van der Waals surface area contributed by atoms with Gasteiger partial charge in [0.2, 0.25) is 0 Å². The minimum Gasteiger partial charge on any atom is -0.269 e. The van der Waals surface area contributed by atoms with Gasteiger partial charge in [-0.15, -0.1) is 0 Å². The van der Waals surface area contributed by atoms with Gasteiger partial charge in [0.15, 0.2) is 0 Å². The van der Waals surface area contributed by atoms with E-state index in [0.717, 1.165) is 0 Å². The highest BCUT2D eigenvalue weighted by atomic mass is 19.4. The van der Waals surface area contributed by atoms with Gasteiger partial charge in [0.1, 0.15) is 0 Å². The average Bonchev–Trinajstić information content (AvgIpc) is 2.29. The molecule has 1 aliphatic rings. The van der Waals surface area contributed by atoms with Gasteiger partial charge >= 0.3 is 24.0 Å². The van der Waals surface area contributed by atoms with Crippen LogP contribution in [0, 0.1) is 0 Å². The average molecular weight is 224 g/mol. The summed E-state index contributed by atoms with van der Waals surface area (Å²) in [7, 11) is 0. The molecule has 1 N–H and O–H groups in total. The Kier molecular flexibility index (Phi) is 2.96. The largest absolute Gasteiger partial charge is 0.389 e. The van der Waals surface area contributed by atoms with Gasteiger partial charge in [-0.2, -0.15) is 13.2 Å². The van der Waals surface area contributed by atoms with Crippen LogP contribution in [-0.2, 0) is 9.59 Å². The van der Waals surface area contributed by atoms with Crippen molar-refractivity contribution < 1.29 is 27.6 Å². The van der Waals surface area contributed by atoms with Crippen molar-refractivity contribution in [1.82, 2.24) is 10.2 Å². The van der Waals surface area contributed by atoms with E-state index >= 15 is 0 Å². The summed E-state index contributed by atoms with van der Waals surface area (Å²) in [5.74, 6) is -2.21. The number of nitrogens with one attached hydrogen (secondary N) is 1. The maximum atomic E-state index is 11.7. The van der Waals surface area contributed by atoms with Crippen molar-refractivity contribution in [2.45, 2.75) is 19.0 Å². The van der Waals surface area contributed by atoms with Crippen molar-refractivity contribution in [2.24, 2.45) is 0 Å². The number of amides is 4. The van der Waals surface area contributed by atoms with Gasteiger partial charge in [-0.05, 0) is 6.42 Å². The molecule has 0 radical (unpaired) electrons. The highest BCUT2D eigenvalue weighted by Crippen LogP contribution is 2.21. The Morgan fingerprint density at radius 1 is 1.20 bits per heavy atom. The van der Waals surface area contributed by atoms with Gasteiger partial charge < -0.3 is 0 Å². The topological polar surface area (TPSA) is 66.5 Å². The molecular formula is C7H7F3N2O3. The molecule has 8 heteroatoms. The fraction of sp³-hybridized carbons (Fsp3) is 0.571. The van der Waals surface area contributed by atoms with Gasteiger partial charge in [-0.25, -0.2) is 4.79 Å². The minimum atomic E-state index is -4.33. The summed E-state index contributed by atoms with van der Waals surface area (Å²) in [5, 5.41) is 1.68. The molecule has 0 aromatic rings. The molecule has 15 heavy (non-hydrogen) atoms. The van der Waals surface area contributed by atoms with Crippen molar-refractivity contribution in [3.63, 3.8) is 0 Å². The number of carbonyl (C=O) groups excluding carboxylic acids is 3. The van der Waals surface area contributed by atoms with Crippen LogP contribution < -0.4 is 5.32 Å². The molecule has 1 saturated heterocycles. The molecule has 0 aromatic carbocycles. The fourth-order valence-electron chi connectivity index (χ4n) is 1.07. The smallest absolute Gasteiger partial charge is 0.269 e. The molecule has 0 unspecified atom stereocenters. The Hall–Kier alpha value is -1.60.